The zero-order chi connectivity index (χ0) is 12.0. The van der Waals surface area contributed by atoms with Crippen LogP contribution in [0.2, 0.25) is 0 Å². The molecule has 0 saturated heterocycles. The molecule has 0 atom stereocenters. The summed E-state index contributed by atoms with van der Waals surface area (Å²) in [5.41, 5.74) is 2.25. The van der Waals surface area contributed by atoms with E-state index < -0.39 is 5.97 Å². The summed E-state index contributed by atoms with van der Waals surface area (Å²) in [5, 5.41) is 14.6. The van der Waals surface area contributed by atoms with E-state index in [0.717, 1.165) is 29.4 Å². The van der Waals surface area contributed by atoms with Crippen LogP contribution in [0, 0.1) is 0 Å². The summed E-state index contributed by atoms with van der Waals surface area (Å²) in [5.74, 6) is -0.427. The molecule has 1 N–H and O–H groups in total. The third kappa shape index (κ3) is 1.44. The Hall–Kier alpha value is -1.84. The lowest BCUT2D eigenvalue weighted by atomic mass is 9.81. The van der Waals surface area contributed by atoms with Crippen molar-refractivity contribution in [2.24, 2.45) is 7.05 Å². The topological polar surface area (TPSA) is 55.1 Å². The van der Waals surface area contributed by atoms with Gasteiger partial charge in [0.15, 0.2) is 0 Å². The van der Waals surface area contributed by atoms with E-state index in [2.05, 4.69) is 5.10 Å². The summed E-state index contributed by atoms with van der Waals surface area (Å²) in [6, 6.07) is 5.36. The zero-order valence-corrected chi connectivity index (χ0v) is 9.68. The zero-order valence-electron chi connectivity index (χ0n) is 9.68. The van der Waals surface area contributed by atoms with Crippen molar-refractivity contribution in [2.45, 2.75) is 25.2 Å². The Balaban J connectivity index is 2.31. The number of aromatic nitrogens is 2. The van der Waals surface area contributed by atoms with Crippen LogP contribution in [0.5, 0.6) is 0 Å². The highest BCUT2D eigenvalue weighted by Gasteiger charge is 2.27. The number of carboxylic acids is 1. The Labute approximate surface area is 98.9 Å². The summed E-state index contributed by atoms with van der Waals surface area (Å²) in [4.78, 5) is 11.3. The minimum absolute atomic E-state index is 0.373. The monoisotopic (exact) mass is 230 g/mol. The van der Waals surface area contributed by atoms with Crippen LogP contribution in [0.25, 0.3) is 10.9 Å². The Morgan fingerprint density at radius 3 is 2.82 bits per heavy atom. The summed E-state index contributed by atoms with van der Waals surface area (Å²) < 4.78 is 1.79. The average Bonchev–Trinajstić information content (AvgIpc) is 2.54. The van der Waals surface area contributed by atoms with E-state index >= 15 is 0 Å². The van der Waals surface area contributed by atoms with Crippen LogP contribution >= 0.6 is 0 Å². The molecule has 1 aromatic heterocycles. The Morgan fingerprint density at radius 2 is 2.24 bits per heavy atom. The number of nitrogens with zero attached hydrogens (tertiary/aromatic N) is 2. The summed E-state index contributed by atoms with van der Waals surface area (Å²) in [6.45, 7) is 0. The predicted molar refractivity (Wildman–Crippen MR) is 64.3 cm³/mol. The van der Waals surface area contributed by atoms with E-state index in [1.807, 2.05) is 13.1 Å². The van der Waals surface area contributed by atoms with Crippen LogP contribution in [-0.4, -0.2) is 20.9 Å². The van der Waals surface area contributed by atoms with Crippen molar-refractivity contribution in [3.05, 3.63) is 29.5 Å². The fraction of sp³-hybridized carbons (Fsp3) is 0.385. The number of aromatic carboxylic acids is 1. The maximum absolute atomic E-state index is 11.3. The number of benzene rings is 1. The second-order valence-electron chi connectivity index (χ2n) is 4.64. The van der Waals surface area contributed by atoms with Crippen molar-refractivity contribution in [1.82, 2.24) is 9.78 Å². The van der Waals surface area contributed by atoms with Crippen molar-refractivity contribution in [3.8, 4) is 0 Å². The van der Waals surface area contributed by atoms with Crippen molar-refractivity contribution in [2.75, 3.05) is 0 Å². The van der Waals surface area contributed by atoms with Gasteiger partial charge in [-0.3, -0.25) is 4.68 Å². The van der Waals surface area contributed by atoms with Gasteiger partial charge in [-0.15, -0.1) is 0 Å². The van der Waals surface area contributed by atoms with E-state index in [0.29, 0.717) is 11.5 Å². The van der Waals surface area contributed by atoms with Gasteiger partial charge in [-0.2, -0.15) is 5.10 Å². The van der Waals surface area contributed by atoms with Gasteiger partial charge in [0.25, 0.3) is 0 Å². The molecule has 0 bridgehead atoms. The second-order valence-corrected chi connectivity index (χ2v) is 4.64. The first-order valence-corrected chi connectivity index (χ1v) is 5.87. The quantitative estimate of drug-likeness (QED) is 0.862. The van der Waals surface area contributed by atoms with Crippen molar-refractivity contribution in [3.63, 3.8) is 0 Å². The van der Waals surface area contributed by atoms with E-state index in [1.165, 1.54) is 6.42 Å². The summed E-state index contributed by atoms with van der Waals surface area (Å²) in [7, 11) is 1.87. The maximum atomic E-state index is 11.3. The number of fused-ring (bicyclic) bond motifs is 1. The van der Waals surface area contributed by atoms with E-state index in [1.54, 1.807) is 16.8 Å². The highest BCUT2D eigenvalue weighted by atomic mass is 16.4. The lowest BCUT2D eigenvalue weighted by Gasteiger charge is -2.23. The van der Waals surface area contributed by atoms with Crippen LogP contribution in [0.3, 0.4) is 0 Å². The molecule has 1 fully saturated rings. The van der Waals surface area contributed by atoms with Gasteiger partial charge in [0.2, 0.25) is 0 Å². The minimum Gasteiger partial charge on any atom is -0.478 e. The molecule has 1 aliphatic rings. The number of carboxylic acid groups (broad SMARTS) is 1. The minimum atomic E-state index is -0.871. The third-order valence-electron chi connectivity index (χ3n) is 3.63. The molecule has 1 heterocycles. The molecule has 3 rings (SSSR count). The first kappa shape index (κ1) is 10.3. The number of aryl methyl sites for hydroxylation is 1. The summed E-state index contributed by atoms with van der Waals surface area (Å²) >= 11 is 0. The number of hydrogen-bond donors (Lipinski definition) is 1. The highest BCUT2D eigenvalue weighted by Crippen LogP contribution is 2.39. The van der Waals surface area contributed by atoms with Gasteiger partial charge in [0.05, 0.1) is 16.8 Å². The van der Waals surface area contributed by atoms with Gasteiger partial charge >= 0.3 is 5.97 Å². The van der Waals surface area contributed by atoms with Crippen LogP contribution in [0.4, 0.5) is 0 Å². The van der Waals surface area contributed by atoms with Gasteiger partial charge in [-0.1, -0.05) is 12.5 Å². The molecule has 0 radical (unpaired) electrons. The van der Waals surface area contributed by atoms with Crippen LogP contribution in [-0.2, 0) is 7.05 Å². The normalized spacial score (nSPS) is 16.1. The third-order valence-corrected chi connectivity index (χ3v) is 3.63. The SMILES string of the molecule is Cn1nc(C2CCC2)c2c(C(=O)O)cccc21. The predicted octanol–water partition coefficient (Wildman–Crippen LogP) is 2.54. The molecule has 4 heteroatoms. The second kappa shape index (κ2) is 3.58. The molecule has 0 unspecified atom stereocenters. The molecule has 17 heavy (non-hydrogen) atoms. The largest absolute Gasteiger partial charge is 0.478 e. The Morgan fingerprint density at radius 1 is 1.47 bits per heavy atom. The van der Waals surface area contributed by atoms with Crippen LogP contribution in [0.1, 0.15) is 41.2 Å². The molecule has 0 spiro atoms. The smallest absolute Gasteiger partial charge is 0.336 e. The molecule has 1 aromatic carbocycles. The van der Waals surface area contributed by atoms with Crippen LogP contribution < -0.4 is 0 Å². The van der Waals surface area contributed by atoms with Crippen molar-refractivity contribution in [1.29, 1.82) is 0 Å². The van der Waals surface area contributed by atoms with Gasteiger partial charge in [0, 0.05) is 18.4 Å². The van der Waals surface area contributed by atoms with E-state index in [9.17, 15) is 9.90 Å². The van der Waals surface area contributed by atoms with E-state index in [4.69, 9.17) is 0 Å². The van der Waals surface area contributed by atoms with Gasteiger partial charge in [-0.25, -0.2) is 4.79 Å². The molecule has 0 aliphatic heterocycles. The van der Waals surface area contributed by atoms with Crippen LogP contribution in [0.15, 0.2) is 18.2 Å². The molecule has 4 nitrogen and oxygen atoms in total. The Kier molecular flexibility index (Phi) is 2.18. The molecule has 1 aliphatic carbocycles. The number of rotatable bonds is 2. The lowest BCUT2D eigenvalue weighted by molar-refractivity contribution is 0.0699. The fourth-order valence-corrected chi connectivity index (χ4v) is 2.49. The van der Waals surface area contributed by atoms with Crippen molar-refractivity contribution >= 4 is 16.9 Å². The molecule has 0 amide bonds. The lowest BCUT2D eigenvalue weighted by Crippen LogP contribution is -2.11. The standard InChI is InChI=1S/C13H14N2O2/c1-15-10-7-3-6-9(13(16)17)11(10)12(14-15)8-4-2-5-8/h3,6-8H,2,4-5H2,1H3,(H,16,17). The maximum Gasteiger partial charge on any atom is 0.336 e. The molecule has 1 saturated carbocycles. The van der Waals surface area contributed by atoms with E-state index in [-0.39, 0.29) is 0 Å². The number of carbonyl (C=O) groups is 1. The average molecular weight is 230 g/mol. The first-order chi connectivity index (χ1) is 8.18. The van der Waals surface area contributed by atoms with Gasteiger partial charge in [0.1, 0.15) is 0 Å². The van der Waals surface area contributed by atoms with Crippen molar-refractivity contribution < 1.29 is 9.90 Å². The Bertz CT molecular complexity index is 597. The summed E-state index contributed by atoms with van der Waals surface area (Å²) in [6.07, 6.45) is 3.47. The van der Waals surface area contributed by atoms with Gasteiger partial charge in [-0.05, 0) is 25.0 Å². The molecular weight excluding hydrogens is 216 g/mol. The fourth-order valence-electron chi connectivity index (χ4n) is 2.49. The number of hydrogen-bond acceptors (Lipinski definition) is 2. The highest BCUT2D eigenvalue weighted by molar-refractivity contribution is 6.04. The first-order valence-electron chi connectivity index (χ1n) is 5.87. The molecular formula is C13H14N2O2. The molecule has 88 valence electrons. The molecule has 2 aromatic rings. The van der Waals surface area contributed by atoms with Gasteiger partial charge < -0.3 is 5.11 Å².